The normalized spacial score (nSPS) is 10.5. The number of carbonyl (C=O) groups excluding carboxylic acids is 1. The van der Waals surface area contributed by atoms with Crippen LogP contribution in [0.4, 0.5) is 0 Å². The smallest absolute Gasteiger partial charge is 0.302 e. The second-order valence-electron chi connectivity index (χ2n) is 2.29. The van der Waals surface area contributed by atoms with E-state index in [0.717, 1.165) is 12.5 Å². The van der Waals surface area contributed by atoms with Gasteiger partial charge in [0.25, 0.3) is 0 Å². The van der Waals surface area contributed by atoms with Crippen LogP contribution in [0.15, 0.2) is 0 Å². The van der Waals surface area contributed by atoms with Crippen LogP contribution >= 0.6 is 23.2 Å². The first-order valence-electron chi connectivity index (χ1n) is 3.89. The van der Waals surface area contributed by atoms with Gasteiger partial charge in [0.1, 0.15) is 4.84 Å². The Morgan fingerprint density at radius 1 is 1.54 bits per heavy atom. The molecular formula is C7H12Cl2O3Si. The average Bonchev–Trinajstić information content (AvgIpc) is 2.01. The Balaban J connectivity index is 2.96. The molecule has 0 aromatic heterocycles. The molecule has 0 unspecified atom stereocenters. The number of halogens is 2. The van der Waals surface area contributed by atoms with Crippen LogP contribution in [0.2, 0.25) is 6.04 Å². The Morgan fingerprint density at radius 3 is 2.77 bits per heavy atom. The quantitative estimate of drug-likeness (QED) is 0.296. The highest BCUT2D eigenvalue weighted by Crippen LogP contribution is 2.01. The molecule has 0 saturated heterocycles. The third kappa shape index (κ3) is 12.2. The molecule has 0 heterocycles. The van der Waals surface area contributed by atoms with Crippen molar-refractivity contribution in [1.29, 1.82) is 0 Å². The minimum atomic E-state index is -0.457. The molecule has 0 rings (SSSR count). The molecular weight excluding hydrogens is 231 g/mol. The predicted octanol–water partition coefficient (Wildman–Crippen LogP) is 1.80. The van der Waals surface area contributed by atoms with Crippen LogP contribution < -0.4 is 0 Å². The largest absolute Gasteiger partial charge is 0.466 e. The van der Waals surface area contributed by atoms with Crippen molar-refractivity contribution in [3.63, 3.8) is 0 Å². The van der Waals surface area contributed by atoms with Crippen molar-refractivity contribution in [2.24, 2.45) is 0 Å². The van der Waals surface area contributed by atoms with Crippen LogP contribution in [0.25, 0.3) is 0 Å². The summed E-state index contributed by atoms with van der Waals surface area (Å²) in [5.41, 5.74) is 0. The highest BCUT2D eigenvalue weighted by molar-refractivity contribution is 6.44. The minimum absolute atomic E-state index is 0.245. The number of ether oxygens (including phenoxy) is 1. The molecule has 0 fully saturated rings. The number of rotatable bonds is 7. The monoisotopic (exact) mass is 242 g/mol. The molecule has 0 aromatic rings. The van der Waals surface area contributed by atoms with Crippen LogP contribution in [0.3, 0.4) is 0 Å². The van der Waals surface area contributed by atoms with E-state index in [-0.39, 0.29) is 5.97 Å². The molecule has 0 saturated carbocycles. The molecule has 0 bridgehead atoms. The summed E-state index contributed by atoms with van der Waals surface area (Å²) < 4.78 is 9.85. The lowest BCUT2D eigenvalue weighted by atomic mass is 10.5. The van der Waals surface area contributed by atoms with Crippen LogP contribution in [-0.4, -0.2) is 33.8 Å². The van der Waals surface area contributed by atoms with E-state index < -0.39 is 4.84 Å². The van der Waals surface area contributed by atoms with Crippen molar-refractivity contribution in [1.82, 2.24) is 0 Å². The van der Waals surface area contributed by atoms with Crippen molar-refractivity contribution in [2.45, 2.75) is 24.2 Å². The summed E-state index contributed by atoms with van der Waals surface area (Å²) in [6.45, 7) is 2.20. The predicted molar refractivity (Wildman–Crippen MR) is 53.3 cm³/mol. The first-order chi connectivity index (χ1) is 6.13. The van der Waals surface area contributed by atoms with Crippen molar-refractivity contribution in [3.05, 3.63) is 0 Å². The molecule has 0 spiro atoms. The van der Waals surface area contributed by atoms with Gasteiger partial charge in [-0.05, 0) is 12.5 Å². The van der Waals surface area contributed by atoms with Crippen LogP contribution in [0.5, 0.6) is 0 Å². The number of hydrogen-bond acceptors (Lipinski definition) is 3. The third-order valence-corrected chi connectivity index (χ3v) is 2.22. The fourth-order valence-electron chi connectivity index (χ4n) is 0.554. The van der Waals surface area contributed by atoms with Gasteiger partial charge in [-0.15, -0.1) is 23.2 Å². The van der Waals surface area contributed by atoms with E-state index in [1.807, 2.05) is 0 Å². The highest BCUT2D eigenvalue weighted by atomic mass is 35.5. The Hall–Kier alpha value is 0.227. The topological polar surface area (TPSA) is 35.5 Å². The van der Waals surface area contributed by atoms with Gasteiger partial charge in [-0.1, -0.05) is 0 Å². The zero-order valence-electron chi connectivity index (χ0n) is 7.39. The van der Waals surface area contributed by atoms with Gasteiger partial charge in [0.15, 0.2) is 0 Å². The van der Waals surface area contributed by atoms with Crippen molar-refractivity contribution < 1.29 is 14.0 Å². The Kier molecular flexibility index (Phi) is 8.96. The van der Waals surface area contributed by atoms with E-state index in [2.05, 4.69) is 0 Å². The van der Waals surface area contributed by atoms with Gasteiger partial charge >= 0.3 is 5.97 Å². The van der Waals surface area contributed by atoms with E-state index in [1.54, 1.807) is 0 Å². The zero-order chi connectivity index (χ0) is 10.1. The maximum Gasteiger partial charge on any atom is 0.302 e. The summed E-state index contributed by atoms with van der Waals surface area (Å²) in [5.74, 6) is -0.245. The molecule has 3 nitrogen and oxygen atoms in total. The minimum Gasteiger partial charge on any atom is -0.466 e. The number of hydrogen-bond donors (Lipinski definition) is 0. The molecule has 0 aliphatic rings. The number of alkyl halides is 2. The Bertz CT molecular complexity index is 144. The molecule has 76 valence electrons. The van der Waals surface area contributed by atoms with Gasteiger partial charge in [-0.3, -0.25) is 4.79 Å². The second kappa shape index (κ2) is 8.81. The van der Waals surface area contributed by atoms with Crippen LogP contribution in [-0.2, 0) is 14.0 Å². The van der Waals surface area contributed by atoms with Gasteiger partial charge in [0.05, 0.1) is 13.2 Å². The molecule has 0 aliphatic heterocycles. The van der Waals surface area contributed by atoms with E-state index in [1.165, 1.54) is 6.92 Å². The first-order valence-corrected chi connectivity index (χ1v) is 5.88. The lowest BCUT2D eigenvalue weighted by Gasteiger charge is -2.03. The van der Waals surface area contributed by atoms with Gasteiger partial charge in [0, 0.05) is 6.92 Å². The zero-order valence-corrected chi connectivity index (χ0v) is 9.90. The summed E-state index contributed by atoms with van der Waals surface area (Å²) in [7, 11) is 0.368. The maximum absolute atomic E-state index is 10.3. The lowest BCUT2D eigenvalue weighted by Crippen LogP contribution is -2.07. The molecule has 0 aliphatic carbocycles. The Labute approximate surface area is 90.6 Å². The van der Waals surface area contributed by atoms with E-state index in [9.17, 15) is 4.79 Å². The lowest BCUT2D eigenvalue weighted by molar-refractivity contribution is -0.140. The van der Waals surface area contributed by atoms with Crippen molar-refractivity contribution >= 4 is 38.9 Å². The molecule has 0 atom stereocenters. The van der Waals surface area contributed by atoms with Gasteiger partial charge in [-0.25, -0.2) is 0 Å². The molecule has 0 amide bonds. The van der Waals surface area contributed by atoms with Gasteiger partial charge < -0.3 is 9.16 Å². The van der Waals surface area contributed by atoms with E-state index >= 15 is 0 Å². The van der Waals surface area contributed by atoms with Gasteiger partial charge in [-0.2, -0.15) is 0 Å². The summed E-state index contributed by atoms with van der Waals surface area (Å²) in [5, 5.41) is 0. The number of carbonyl (C=O) groups is 1. The molecule has 13 heavy (non-hydrogen) atoms. The summed E-state index contributed by atoms with van der Waals surface area (Å²) >= 11 is 10.9. The third-order valence-electron chi connectivity index (χ3n) is 1.04. The molecule has 6 heteroatoms. The number of esters is 1. The maximum atomic E-state index is 10.3. The Morgan fingerprint density at radius 2 is 2.23 bits per heavy atom. The van der Waals surface area contributed by atoms with E-state index in [0.29, 0.717) is 23.0 Å². The summed E-state index contributed by atoms with van der Waals surface area (Å²) in [6.07, 6.45) is 0.813. The van der Waals surface area contributed by atoms with Crippen LogP contribution in [0, 0.1) is 0 Å². The summed E-state index contributed by atoms with van der Waals surface area (Å²) in [4.78, 5) is 9.88. The first kappa shape index (κ1) is 13.2. The standard InChI is InChI=1S/C7H12Cl2O3Si/c1-6(10)11-3-2-4-13-12-5-7(8)9/h7H,2-5H2,1H3. The van der Waals surface area contributed by atoms with Crippen molar-refractivity contribution in [3.8, 4) is 0 Å². The van der Waals surface area contributed by atoms with E-state index in [4.69, 9.17) is 32.4 Å². The van der Waals surface area contributed by atoms with Crippen LogP contribution in [0.1, 0.15) is 13.3 Å². The fourth-order valence-corrected chi connectivity index (χ4v) is 1.61. The SMILES string of the molecule is CC(=O)OCCC[Si]OCC(Cl)Cl. The average molecular weight is 243 g/mol. The molecule has 2 radical (unpaired) electrons. The van der Waals surface area contributed by atoms with Gasteiger partial charge in [0.2, 0.25) is 9.76 Å². The second-order valence-corrected chi connectivity index (χ2v) is 4.64. The van der Waals surface area contributed by atoms with Crippen molar-refractivity contribution in [2.75, 3.05) is 13.2 Å². The molecule has 0 aromatic carbocycles. The fraction of sp³-hybridized carbons (Fsp3) is 0.857. The highest BCUT2D eigenvalue weighted by Gasteiger charge is 1.99. The summed E-state index contributed by atoms with van der Waals surface area (Å²) in [6, 6.07) is 0.869. The molecule has 0 N–H and O–H groups in total.